The number of hydrogen-bond donors (Lipinski definition) is 0. The van der Waals surface area contributed by atoms with E-state index in [1.165, 1.54) is 0 Å². The van der Waals surface area contributed by atoms with Crippen LogP contribution in [0, 0.1) is 0 Å². The van der Waals surface area contributed by atoms with E-state index in [-0.39, 0.29) is 0 Å². The van der Waals surface area contributed by atoms with Crippen molar-refractivity contribution in [2.75, 3.05) is 0 Å². The number of halogens is 2. The van der Waals surface area contributed by atoms with Crippen LogP contribution in [0.1, 0.15) is 20.8 Å². The summed E-state index contributed by atoms with van der Waals surface area (Å²) < 4.78 is 19.4. The van der Waals surface area contributed by atoms with Gasteiger partial charge in [0.25, 0.3) is 0 Å². The van der Waals surface area contributed by atoms with E-state index in [2.05, 4.69) is 4.08 Å². The van der Waals surface area contributed by atoms with Crippen molar-refractivity contribution in [2.45, 2.75) is 26.4 Å². The lowest BCUT2D eigenvalue weighted by Crippen LogP contribution is -2.15. The van der Waals surface area contributed by atoms with Crippen molar-refractivity contribution in [1.82, 2.24) is 0 Å². The highest BCUT2D eigenvalue weighted by molar-refractivity contribution is 7.82. The van der Waals surface area contributed by atoms with Gasteiger partial charge in [0.1, 0.15) is 0 Å². The monoisotopic (exact) mass is 206 g/mol. The minimum atomic E-state index is -3.56. The molecule has 0 radical (unpaired) electrons. The molecule has 0 heterocycles. The summed E-state index contributed by atoms with van der Waals surface area (Å²) in [6.45, 7) is 1.52. The van der Waals surface area contributed by atoms with Crippen LogP contribution < -0.4 is 0 Å². The molecule has 3 nitrogen and oxygen atoms in total. The fourth-order valence-electron chi connectivity index (χ4n) is 0.341. The predicted molar refractivity (Wildman–Crippen MR) is 41.2 cm³/mol. The first-order chi connectivity index (χ1) is 4.27. The Hall–Kier alpha value is 0.730. The van der Waals surface area contributed by atoms with Gasteiger partial charge in [-0.25, -0.2) is 4.57 Å². The van der Waals surface area contributed by atoms with Gasteiger partial charge in [-0.05, 0) is 20.8 Å². The lowest BCUT2D eigenvalue weighted by Gasteiger charge is -2.20. The molecule has 0 aromatic rings. The van der Waals surface area contributed by atoms with Gasteiger partial charge in [0.2, 0.25) is 0 Å². The van der Waals surface area contributed by atoms with Crippen molar-refractivity contribution in [2.24, 2.45) is 0 Å². The van der Waals surface area contributed by atoms with E-state index in [0.29, 0.717) is 0 Å². The zero-order valence-corrected chi connectivity index (χ0v) is 8.33. The van der Waals surface area contributed by atoms with Crippen molar-refractivity contribution in [3.63, 3.8) is 0 Å². The molecule has 0 aromatic heterocycles. The molecule has 0 amide bonds. The third-order valence-electron chi connectivity index (χ3n) is 0.465. The maximum Gasteiger partial charge on any atom is 0.441 e. The molecule has 6 heteroatoms. The van der Waals surface area contributed by atoms with Crippen LogP contribution in [0.5, 0.6) is 0 Å². The van der Waals surface area contributed by atoms with E-state index in [0.717, 1.165) is 0 Å². The van der Waals surface area contributed by atoms with Crippen LogP contribution >= 0.6 is 30.1 Å². The molecular formula is C4H9Cl2O3P. The first kappa shape index (κ1) is 10.7. The molecule has 0 N–H and O–H groups in total. The van der Waals surface area contributed by atoms with E-state index >= 15 is 0 Å². The van der Waals surface area contributed by atoms with Gasteiger partial charge in [0, 0.05) is 11.2 Å². The molecule has 1 unspecified atom stereocenters. The van der Waals surface area contributed by atoms with Crippen LogP contribution in [0.15, 0.2) is 0 Å². The molecule has 0 saturated carbocycles. The summed E-state index contributed by atoms with van der Waals surface area (Å²) in [5.74, 6) is 0. The maximum atomic E-state index is 10.8. The largest absolute Gasteiger partial charge is 0.441 e. The molecule has 0 aliphatic rings. The number of hydrogen-bond acceptors (Lipinski definition) is 3. The van der Waals surface area contributed by atoms with Crippen LogP contribution in [0.2, 0.25) is 0 Å². The predicted octanol–water partition coefficient (Wildman–Crippen LogP) is 3.32. The third-order valence-corrected chi connectivity index (χ3v) is 2.57. The lowest BCUT2D eigenvalue weighted by atomic mass is 10.2. The zero-order valence-electron chi connectivity index (χ0n) is 5.93. The fraction of sp³-hybridized carbons (Fsp3) is 1.00. The topological polar surface area (TPSA) is 35.5 Å². The Morgan fingerprint density at radius 3 is 1.90 bits per heavy atom. The summed E-state index contributed by atoms with van der Waals surface area (Å²) >= 11 is 9.96. The van der Waals surface area contributed by atoms with Gasteiger partial charge >= 0.3 is 6.95 Å². The highest BCUT2D eigenvalue weighted by Crippen LogP contribution is 2.57. The van der Waals surface area contributed by atoms with Gasteiger partial charge in [0.05, 0.1) is 17.5 Å². The van der Waals surface area contributed by atoms with Crippen LogP contribution in [0.4, 0.5) is 0 Å². The Balaban J connectivity index is 4.03. The van der Waals surface area contributed by atoms with Crippen LogP contribution in [-0.4, -0.2) is 5.60 Å². The van der Waals surface area contributed by atoms with Crippen LogP contribution in [0.3, 0.4) is 0 Å². The zero-order chi connectivity index (χ0) is 8.41. The SMILES string of the molecule is CC(C)(C)OP(=O)(Cl)OCl. The average Bonchev–Trinajstić information content (AvgIpc) is 1.60. The smallest absolute Gasteiger partial charge is 0.290 e. The highest BCUT2D eigenvalue weighted by Gasteiger charge is 2.28. The third kappa shape index (κ3) is 5.51. The molecule has 0 aliphatic carbocycles. The van der Waals surface area contributed by atoms with Crippen LogP contribution in [0.25, 0.3) is 0 Å². The molecule has 0 bridgehead atoms. The molecular weight excluding hydrogens is 198 g/mol. The van der Waals surface area contributed by atoms with E-state index in [4.69, 9.17) is 27.6 Å². The quantitative estimate of drug-likeness (QED) is 0.651. The Labute approximate surface area is 70.1 Å². The summed E-state index contributed by atoms with van der Waals surface area (Å²) in [6.07, 6.45) is 0. The van der Waals surface area contributed by atoms with Gasteiger partial charge in [-0.2, -0.15) is 4.08 Å². The van der Waals surface area contributed by atoms with Gasteiger partial charge in [-0.3, -0.25) is 4.52 Å². The summed E-state index contributed by atoms with van der Waals surface area (Å²) in [5, 5.41) is 0. The molecule has 0 fully saturated rings. The second-order valence-corrected chi connectivity index (χ2v) is 5.54. The molecule has 0 aromatic carbocycles. The summed E-state index contributed by atoms with van der Waals surface area (Å²) in [6, 6.07) is 0. The van der Waals surface area contributed by atoms with Crippen molar-refractivity contribution in [1.29, 1.82) is 0 Å². The Morgan fingerprint density at radius 2 is 1.80 bits per heavy atom. The molecule has 0 rings (SSSR count). The van der Waals surface area contributed by atoms with E-state index in [9.17, 15) is 4.57 Å². The second-order valence-electron chi connectivity index (χ2n) is 2.70. The van der Waals surface area contributed by atoms with Crippen LogP contribution in [-0.2, 0) is 13.2 Å². The van der Waals surface area contributed by atoms with Gasteiger partial charge < -0.3 is 0 Å². The summed E-state index contributed by atoms with van der Waals surface area (Å²) in [7, 11) is 0. The fourth-order valence-corrected chi connectivity index (χ4v) is 1.73. The van der Waals surface area contributed by atoms with Crippen molar-refractivity contribution in [3.8, 4) is 0 Å². The standard InChI is InChI=1S/C4H9Cl2O3P/c1-4(2,3)8-10(6,7)9-5/h1-3H3. The maximum absolute atomic E-state index is 10.8. The van der Waals surface area contributed by atoms with Crippen molar-refractivity contribution in [3.05, 3.63) is 0 Å². The van der Waals surface area contributed by atoms with E-state index < -0.39 is 12.5 Å². The summed E-state index contributed by atoms with van der Waals surface area (Å²) in [4.78, 5) is 0. The molecule has 1 atom stereocenters. The van der Waals surface area contributed by atoms with Gasteiger partial charge in [0.15, 0.2) is 0 Å². The van der Waals surface area contributed by atoms with E-state index in [1.54, 1.807) is 20.8 Å². The molecule has 62 valence electrons. The van der Waals surface area contributed by atoms with Crippen molar-refractivity contribution >= 4 is 30.1 Å². The van der Waals surface area contributed by atoms with Gasteiger partial charge in [-0.15, -0.1) is 0 Å². The first-order valence-corrected chi connectivity index (χ1v) is 5.33. The summed E-state index contributed by atoms with van der Waals surface area (Å²) in [5.41, 5.74) is -0.619. The Kier molecular flexibility index (Phi) is 3.67. The molecule has 0 spiro atoms. The minimum absolute atomic E-state index is 0.619. The van der Waals surface area contributed by atoms with Crippen molar-refractivity contribution < 1.29 is 13.2 Å². The number of rotatable bonds is 2. The average molecular weight is 207 g/mol. The highest BCUT2D eigenvalue weighted by atomic mass is 35.7. The lowest BCUT2D eigenvalue weighted by molar-refractivity contribution is 0.123. The molecule has 10 heavy (non-hydrogen) atoms. The normalized spacial score (nSPS) is 18.5. The second kappa shape index (κ2) is 3.42. The van der Waals surface area contributed by atoms with Gasteiger partial charge in [-0.1, -0.05) is 0 Å². The Morgan fingerprint density at radius 1 is 1.40 bits per heavy atom. The first-order valence-electron chi connectivity index (χ1n) is 2.58. The molecule has 0 saturated heterocycles. The minimum Gasteiger partial charge on any atom is -0.290 e. The Bertz CT molecular complexity index is 153. The van der Waals surface area contributed by atoms with E-state index in [1.807, 2.05) is 0 Å². The molecule has 0 aliphatic heterocycles.